The van der Waals surface area contributed by atoms with E-state index in [0.29, 0.717) is 13.5 Å². The number of ether oxygens (including phenoxy) is 4. The van der Waals surface area contributed by atoms with E-state index >= 15 is 0 Å². The minimum Gasteiger partial charge on any atom is -0.396 e. The van der Waals surface area contributed by atoms with Crippen LogP contribution in [-0.2, 0) is 18.9 Å². The van der Waals surface area contributed by atoms with Crippen molar-refractivity contribution in [3.8, 4) is 0 Å². The van der Waals surface area contributed by atoms with Gasteiger partial charge in [-0.3, -0.25) is 0 Å². The van der Waals surface area contributed by atoms with Gasteiger partial charge in [0, 0.05) is 53.5 Å². The van der Waals surface area contributed by atoms with Gasteiger partial charge in [0.2, 0.25) is 0 Å². The van der Waals surface area contributed by atoms with E-state index in [1.165, 1.54) is 0 Å². The second kappa shape index (κ2) is 11.6. The molecule has 214 valence electrons. The molecule has 0 radical (unpaired) electrons. The van der Waals surface area contributed by atoms with Crippen LogP contribution in [0.5, 0.6) is 0 Å². The van der Waals surface area contributed by atoms with Crippen LogP contribution in [0.3, 0.4) is 0 Å². The Kier molecular flexibility index (Phi) is 9.08. The van der Waals surface area contributed by atoms with Crippen LogP contribution in [0.15, 0.2) is 18.5 Å². The van der Waals surface area contributed by atoms with Crippen molar-refractivity contribution in [3.05, 3.63) is 24.2 Å². The molecule has 1 aliphatic carbocycles. The summed E-state index contributed by atoms with van der Waals surface area (Å²) in [6.07, 6.45) is 2.15. The van der Waals surface area contributed by atoms with E-state index in [1.54, 1.807) is 6.33 Å². The lowest BCUT2D eigenvalue weighted by Crippen LogP contribution is -2.33. The Morgan fingerprint density at radius 2 is 1.61 bits per heavy atom. The molecule has 0 spiro atoms. The van der Waals surface area contributed by atoms with Gasteiger partial charge in [0.15, 0.2) is 11.6 Å². The van der Waals surface area contributed by atoms with Crippen LogP contribution >= 0.6 is 0 Å². The molecular weight excluding hydrogens is 516 g/mol. The Labute approximate surface area is 229 Å². The summed E-state index contributed by atoms with van der Waals surface area (Å²) in [6, 6.07) is 6.41. The molecule has 2 fully saturated rings. The minimum atomic E-state index is -1.19. The highest BCUT2D eigenvalue weighted by Crippen LogP contribution is 2.49. The minimum absolute atomic E-state index is 0.0367. The number of rotatable bonds is 13. The number of aromatic nitrogens is 3. The smallest absolute Gasteiger partial charge is 0.163 e. The van der Waals surface area contributed by atoms with Crippen LogP contribution in [0, 0.1) is 5.92 Å². The first kappa shape index (κ1) is 29.6. The van der Waals surface area contributed by atoms with Gasteiger partial charge < -0.3 is 29.0 Å². The van der Waals surface area contributed by atoms with Gasteiger partial charge in [0.05, 0.1) is 12.2 Å². The molecule has 38 heavy (non-hydrogen) atoms. The van der Waals surface area contributed by atoms with Crippen LogP contribution in [0.25, 0.3) is 5.52 Å². The standard InChI is InChI=1S/C27H48N4O5Si2/c1-27(2)35-24-20(16-32)15-21(25(24)36-27)22-9-10-23-26(28-17-29-31(22)23)30(18-33-11-13-37(3,4)5)19-34-12-14-38(6,7)8/h9-10,17,20-21,24-25,32H,11-16,18-19H2,1-8H3/t20-,21-,24+,25-/m0/s1. The zero-order chi connectivity index (χ0) is 27.7. The lowest BCUT2D eigenvalue weighted by molar-refractivity contribution is -0.159. The van der Waals surface area contributed by atoms with Crippen molar-refractivity contribution in [2.24, 2.45) is 5.92 Å². The molecule has 0 unspecified atom stereocenters. The highest BCUT2D eigenvalue weighted by Gasteiger charge is 2.54. The van der Waals surface area contributed by atoms with E-state index in [2.05, 4.69) is 66.4 Å². The summed E-state index contributed by atoms with van der Waals surface area (Å²) in [5.74, 6) is 0.240. The Morgan fingerprint density at radius 3 is 2.18 bits per heavy atom. The predicted molar refractivity (Wildman–Crippen MR) is 155 cm³/mol. The third-order valence-electron chi connectivity index (χ3n) is 7.44. The number of hydrogen-bond donors (Lipinski definition) is 1. The highest BCUT2D eigenvalue weighted by molar-refractivity contribution is 6.76. The van der Waals surface area contributed by atoms with E-state index in [0.717, 1.165) is 48.8 Å². The zero-order valence-corrected chi connectivity index (χ0v) is 26.6. The van der Waals surface area contributed by atoms with Gasteiger partial charge in [-0.15, -0.1) is 0 Å². The van der Waals surface area contributed by atoms with Gasteiger partial charge in [-0.05, 0) is 44.5 Å². The van der Waals surface area contributed by atoms with Gasteiger partial charge in [0.1, 0.15) is 25.3 Å². The Hall–Kier alpha value is -1.35. The summed E-state index contributed by atoms with van der Waals surface area (Å²) in [4.78, 5) is 6.75. The fourth-order valence-electron chi connectivity index (χ4n) is 5.29. The van der Waals surface area contributed by atoms with Crippen LogP contribution in [0.1, 0.15) is 31.9 Å². The third-order valence-corrected chi connectivity index (χ3v) is 10.9. The summed E-state index contributed by atoms with van der Waals surface area (Å²) in [7, 11) is -2.37. The Balaban J connectivity index is 1.56. The van der Waals surface area contributed by atoms with Gasteiger partial charge >= 0.3 is 0 Å². The summed E-state index contributed by atoms with van der Waals surface area (Å²) in [5, 5.41) is 14.7. The summed E-state index contributed by atoms with van der Waals surface area (Å²) < 4.78 is 26.8. The van der Waals surface area contributed by atoms with Crippen LogP contribution in [-0.4, -0.2) is 87.1 Å². The second-order valence-electron chi connectivity index (χ2n) is 13.7. The molecule has 4 atom stereocenters. The zero-order valence-electron chi connectivity index (χ0n) is 24.6. The van der Waals surface area contributed by atoms with Crippen molar-refractivity contribution in [2.75, 3.05) is 38.2 Å². The van der Waals surface area contributed by atoms with Crippen molar-refractivity contribution in [1.29, 1.82) is 0 Å². The summed E-state index contributed by atoms with van der Waals surface area (Å²) in [6.45, 7) is 20.4. The molecule has 1 N–H and O–H groups in total. The fourth-order valence-corrected chi connectivity index (χ4v) is 6.80. The largest absolute Gasteiger partial charge is 0.396 e. The molecule has 2 aromatic heterocycles. The van der Waals surface area contributed by atoms with Crippen molar-refractivity contribution < 1.29 is 24.1 Å². The molecule has 4 rings (SSSR count). The van der Waals surface area contributed by atoms with Gasteiger partial charge in [-0.2, -0.15) is 5.10 Å². The first-order valence-electron chi connectivity index (χ1n) is 14.0. The highest BCUT2D eigenvalue weighted by atomic mass is 28.3. The van der Waals surface area contributed by atoms with E-state index in [9.17, 15) is 5.11 Å². The molecular formula is C27H48N4O5Si2. The van der Waals surface area contributed by atoms with Crippen LogP contribution in [0.2, 0.25) is 51.4 Å². The molecule has 0 bridgehead atoms. The first-order chi connectivity index (χ1) is 17.8. The fraction of sp³-hybridized carbons (Fsp3) is 0.778. The molecule has 3 heterocycles. The SMILES string of the molecule is CC1(C)O[C@@H]2[C@H](CO)C[C@@H](c3ccc4c(N(COCC[Si](C)(C)C)COCC[Si](C)(C)C)ncnn34)[C@@H]2O1. The molecule has 11 heteroatoms. The quantitative estimate of drug-likeness (QED) is 0.211. The van der Waals surface area contributed by atoms with Crippen molar-refractivity contribution in [3.63, 3.8) is 0 Å². The maximum Gasteiger partial charge on any atom is 0.163 e. The average Bonchev–Trinajstić information content (AvgIpc) is 3.46. The number of hydrogen-bond acceptors (Lipinski definition) is 8. The second-order valence-corrected chi connectivity index (χ2v) is 25.0. The molecule has 1 aliphatic heterocycles. The van der Waals surface area contributed by atoms with Crippen LogP contribution in [0.4, 0.5) is 5.82 Å². The normalized spacial score (nSPS) is 25.3. The van der Waals surface area contributed by atoms with Crippen molar-refractivity contribution in [1.82, 2.24) is 14.6 Å². The van der Waals surface area contributed by atoms with E-state index < -0.39 is 21.9 Å². The Bertz CT molecular complexity index is 1050. The third kappa shape index (κ3) is 7.23. The predicted octanol–water partition coefficient (Wildman–Crippen LogP) is 4.78. The summed E-state index contributed by atoms with van der Waals surface area (Å²) in [5.41, 5.74) is 1.96. The van der Waals surface area contributed by atoms with Gasteiger partial charge in [0.25, 0.3) is 0 Å². The van der Waals surface area contributed by atoms with Crippen molar-refractivity contribution >= 4 is 27.5 Å². The monoisotopic (exact) mass is 564 g/mol. The number of anilines is 1. The Morgan fingerprint density at radius 1 is 1.00 bits per heavy atom. The van der Waals surface area contributed by atoms with E-state index in [-0.39, 0.29) is 30.7 Å². The number of fused-ring (bicyclic) bond motifs is 2. The van der Waals surface area contributed by atoms with E-state index in [1.807, 2.05) is 18.4 Å². The first-order valence-corrected chi connectivity index (χ1v) is 21.4. The molecule has 0 aromatic carbocycles. The molecule has 2 aromatic rings. The number of aliphatic hydroxyl groups excluding tert-OH is 1. The van der Waals surface area contributed by atoms with E-state index in [4.69, 9.17) is 18.9 Å². The lowest BCUT2D eigenvalue weighted by Gasteiger charge is -2.26. The molecule has 0 amide bonds. The summed E-state index contributed by atoms with van der Waals surface area (Å²) >= 11 is 0. The lowest BCUT2D eigenvalue weighted by atomic mass is 10.0. The number of aliphatic hydroxyl groups is 1. The van der Waals surface area contributed by atoms with Gasteiger partial charge in [-0.25, -0.2) is 9.50 Å². The van der Waals surface area contributed by atoms with Crippen molar-refractivity contribution in [2.45, 2.75) is 95.6 Å². The maximum absolute atomic E-state index is 10.0. The van der Waals surface area contributed by atoms with Gasteiger partial charge in [-0.1, -0.05) is 39.3 Å². The maximum atomic E-state index is 10.0. The molecule has 2 aliphatic rings. The average molecular weight is 565 g/mol. The molecule has 1 saturated heterocycles. The number of nitrogens with zero attached hydrogens (tertiary/aromatic N) is 4. The molecule has 1 saturated carbocycles. The molecule has 9 nitrogen and oxygen atoms in total. The van der Waals surface area contributed by atoms with Crippen LogP contribution < -0.4 is 4.90 Å². The topological polar surface area (TPSA) is 90.6 Å².